The SMILES string of the molecule is CCC(Nc1snc(N)c1C(=O)NC1CC1)c1ncc[nH]1. The summed E-state index contributed by atoms with van der Waals surface area (Å²) in [6.07, 6.45) is 6.39. The fourth-order valence-electron chi connectivity index (χ4n) is 2.10. The predicted octanol–water partition coefficient (Wildman–Crippen LogP) is 1.90. The number of nitrogens with zero attached hydrogens (tertiary/aromatic N) is 2. The normalized spacial score (nSPS) is 15.7. The average Bonchev–Trinajstić information content (AvgIpc) is 2.99. The molecule has 1 amide bonds. The third kappa shape index (κ3) is 2.99. The lowest BCUT2D eigenvalue weighted by atomic mass is 10.2. The van der Waals surface area contributed by atoms with Gasteiger partial charge in [-0.3, -0.25) is 4.79 Å². The summed E-state index contributed by atoms with van der Waals surface area (Å²) in [7, 11) is 0. The Labute approximate surface area is 126 Å². The van der Waals surface area contributed by atoms with Gasteiger partial charge < -0.3 is 21.4 Å². The molecule has 0 aliphatic heterocycles. The molecule has 5 N–H and O–H groups in total. The summed E-state index contributed by atoms with van der Waals surface area (Å²) >= 11 is 1.20. The molecule has 0 radical (unpaired) electrons. The van der Waals surface area contributed by atoms with Gasteiger partial charge in [-0.25, -0.2) is 4.98 Å². The van der Waals surface area contributed by atoms with E-state index in [0.29, 0.717) is 10.6 Å². The number of imidazole rings is 1. The van der Waals surface area contributed by atoms with Gasteiger partial charge in [0, 0.05) is 18.4 Å². The van der Waals surface area contributed by atoms with Gasteiger partial charge in [0.15, 0.2) is 5.82 Å². The Kier molecular flexibility index (Phi) is 3.78. The van der Waals surface area contributed by atoms with Crippen molar-refractivity contribution in [1.82, 2.24) is 19.7 Å². The minimum Gasteiger partial charge on any atom is -0.382 e. The molecule has 8 heteroatoms. The van der Waals surface area contributed by atoms with E-state index >= 15 is 0 Å². The Morgan fingerprint density at radius 1 is 1.62 bits per heavy atom. The predicted molar refractivity (Wildman–Crippen MR) is 82.3 cm³/mol. The summed E-state index contributed by atoms with van der Waals surface area (Å²) in [6, 6.07) is 0.282. The highest BCUT2D eigenvalue weighted by Crippen LogP contribution is 2.31. The van der Waals surface area contributed by atoms with Crippen LogP contribution in [0, 0.1) is 0 Å². The number of amides is 1. The number of nitrogens with one attached hydrogen (secondary N) is 3. The summed E-state index contributed by atoms with van der Waals surface area (Å²) in [4.78, 5) is 19.6. The molecule has 2 aromatic rings. The number of nitrogen functional groups attached to an aromatic ring is 1. The molecule has 1 saturated carbocycles. The summed E-state index contributed by atoms with van der Waals surface area (Å²) in [5.74, 6) is 0.952. The minimum atomic E-state index is -0.152. The fraction of sp³-hybridized carbons (Fsp3) is 0.462. The van der Waals surface area contributed by atoms with E-state index in [1.54, 1.807) is 12.4 Å². The van der Waals surface area contributed by atoms with Crippen LogP contribution in [0.2, 0.25) is 0 Å². The first kappa shape index (κ1) is 13.9. The zero-order valence-corrected chi connectivity index (χ0v) is 12.5. The van der Waals surface area contributed by atoms with Gasteiger partial charge in [0.2, 0.25) is 0 Å². The van der Waals surface area contributed by atoms with Crippen LogP contribution in [0.25, 0.3) is 0 Å². The van der Waals surface area contributed by atoms with Gasteiger partial charge in [-0.1, -0.05) is 6.92 Å². The number of carbonyl (C=O) groups excluding carboxylic acids is 1. The van der Waals surface area contributed by atoms with Crippen LogP contribution in [0.5, 0.6) is 0 Å². The Morgan fingerprint density at radius 3 is 3.05 bits per heavy atom. The van der Waals surface area contributed by atoms with Crippen LogP contribution in [0.4, 0.5) is 10.8 Å². The highest BCUT2D eigenvalue weighted by Gasteiger charge is 2.28. The average molecular weight is 306 g/mol. The molecular formula is C13H18N6OS. The molecule has 1 aliphatic rings. The lowest BCUT2D eigenvalue weighted by Gasteiger charge is -2.15. The molecule has 0 saturated heterocycles. The maximum absolute atomic E-state index is 12.3. The molecule has 2 aromatic heterocycles. The first-order chi connectivity index (χ1) is 10.2. The standard InChI is InChI=1S/C13H18N6OS/c1-2-8(11-15-5-6-16-11)18-13-9(10(14)19-21-13)12(20)17-7-3-4-7/h5-8,18H,2-4H2,1H3,(H2,14,19)(H,15,16)(H,17,20). The van der Waals surface area contributed by atoms with E-state index in [1.807, 2.05) is 0 Å². The van der Waals surface area contributed by atoms with Crippen LogP contribution >= 0.6 is 11.5 Å². The summed E-state index contributed by atoms with van der Waals surface area (Å²) in [6.45, 7) is 2.05. The molecule has 0 aromatic carbocycles. The van der Waals surface area contributed by atoms with E-state index in [4.69, 9.17) is 5.73 Å². The number of H-pyrrole nitrogens is 1. The number of hydrogen-bond donors (Lipinski definition) is 4. The molecule has 0 spiro atoms. The van der Waals surface area contributed by atoms with Crippen LogP contribution in [-0.4, -0.2) is 26.3 Å². The van der Waals surface area contributed by atoms with Gasteiger partial charge in [0.25, 0.3) is 5.91 Å². The van der Waals surface area contributed by atoms with Crippen molar-refractivity contribution in [3.05, 3.63) is 23.8 Å². The molecule has 3 rings (SSSR count). The van der Waals surface area contributed by atoms with Gasteiger partial charge in [0.1, 0.15) is 16.4 Å². The smallest absolute Gasteiger partial charge is 0.258 e. The van der Waals surface area contributed by atoms with Crippen molar-refractivity contribution in [2.24, 2.45) is 0 Å². The number of nitrogens with two attached hydrogens (primary N) is 1. The van der Waals surface area contributed by atoms with E-state index in [2.05, 4.69) is 31.9 Å². The Balaban J connectivity index is 1.79. The largest absolute Gasteiger partial charge is 0.382 e. The zero-order valence-electron chi connectivity index (χ0n) is 11.7. The quantitative estimate of drug-likeness (QED) is 0.652. The molecule has 1 aliphatic carbocycles. The second kappa shape index (κ2) is 5.72. The molecular weight excluding hydrogens is 288 g/mol. The first-order valence-corrected chi connectivity index (χ1v) is 7.78. The maximum atomic E-state index is 12.3. The summed E-state index contributed by atoms with van der Waals surface area (Å²) in [5.41, 5.74) is 6.29. The highest BCUT2D eigenvalue weighted by atomic mass is 32.1. The van der Waals surface area contributed by atoms with Gasteiger partial charge in [0.05, 0.1) is 6.04 Å². The summed E-state index contributed by atoms with van der Waals surface area (Å²) < 4.78 is 4.10. The van der Waals surface area contributed by atoms with E-state index in [0.717, 1.165) is 25.1 Å². The second-order valence-electron chi connectivity index (χ2n) is 5.10. The number of anilines is 2. The van der Waals surface area contributed by atoms with Crippen molar-refractivity contribution in [2.45, 2.75) is 38.3 Å². The van der Waals surface area contributed by atoms with Crippen LogP contribution in [0.15, 0.2) is 12.4 Å². The van der Waals surface area contributed by atoms with Crippen molar-refractivity contribution in [1.29, 1.82) is 0 Å². The topological polar surface area (TPSA) is 109 Å². The maximum Gasteiger partial charge on any atom is 0.258 e. The third-order valence-electron chi connectivity index (χ3n) is 3.42. The zero-order chi connectivity index (χ0) is 14.8. The van der Waals surface area contributed by atoms with Crippen LogP contribution in [0.1, 0.15) is 48.4 Å². The number of carbonyl (C=O) groups is 1. The molecule has 21 heavy (non-hydrogen) atoms. The highest BCUT2D eigenvalue weighted by molar-refractivity contribution is 7.11. The van der Waals surface area contributed by atoms with Crippen LogP contribution in [0.3, 0.4) is 0 Å². The first-order valence-electron chi connectivity index (χ1n) is 7.00. The molecule has 1 atom stereocenters. The van der Waals surface area contributed by atoms with Crippen molar-refractivity contribution >= 4 is 28.3 Å². The number of rotatable bonds is 6. The molecule has 2 heterocycles. The van der Waals surface area contributed by atoms with Crippen molar-refractivity contribution in [3.8, 4) is 0 Å². The van der Waals surface area contributed by atoms with E-state index in [9.17, 15) is 4.79 Å². The Hall–Kier alpha value is -2.09. The van der Waals surface area contributed by atoms with Crippen molar-refractivity contribution in [2.75, 3.05) is 11.1 Å². The number of hydrogen-bond acceptors (Lipinski definition) is 6. The number of aromatic amines is 1. The van der Waals surface area contributed by atoms with E-state index in [-0.39, 0.29) is 23.8 Å². The third-order valence-corrected chi connectivity index (χ3v) is 4.21. The minimum absolute atomic E-state index is 0.00711. The Bertz CT molecular complexity index is 619. The monoisotopic (exact) mass is 306 g/mol. The van der Waals surface area contributed by atoms with Crippen LogP contribution < -0.4 is 16.4 Å². The summed E-state index contributed by atoms with van der Waals surface area (Å²) in [5, 5.41) is 6.95. The molecule has 7 nitrogen and oxygen atoms in total. The number of aromatic nitrogens is 3. The molecule has 1 fully saturated rings. The van der Waals surface area contributed by atoms with Gasteiger partial charge in [-0.2, -0.15) is 4.37 Å². The van der Waals surface area contributed by atoms with Crippen molar-refractivity contribution < 1.29 is 4.79 Å². The Morgan fingerprint density at radius 2 is 2.43 bits per heavy atom. The molecule has 112 valence electrons. The van der Waals surface area contributed by atoms with E-state index < -0.39 is 0 Å². The van der Waals surface area contributed by atoms with Crippen LogP contribution in [-0.2, 0) is 0 Å². The van der Waals surface area contributed by atoms with Crippen molar-refractivity contribution in [3.63, 3.8) is 0 Å². The van der Waals surface area contributed by atoms with Gasteiger partial charge in [-0.15, -0.1) is 0 Å². The van der Waals surface area contributed by atoms with Gasteiger partial charge >= 0.3 is 0 Å². The second-order valence-corrected chi connectivity index (χ2v) is 5.87. The lowest BCUT2D eigenvalue weighted by Crippen LogP contribution is -2.27. The van der Waals surface area contributed by atoms with E-state index in [1.165, 1.54) is 11.5 Å². The fourth-order valence-corrected chi connectivity index (χ4v) is 2.86. The molecule has 1 unspecified atom stereocenters. The molecule has 0 bridgehead atoms. The lowest BCUT2D eigenvalue weighted by molar-refractivity contribution is 0.0953. The van der Waals surface area contributed by atoms with Gasteiger partial charge in [-0.05, 0) is 30.8 Å².